The highest BCUT2D eigenvalue weighted by Gasteiger charge is 2.43. The first kappa shape index (κ1) is 30.3. The number of nitrogens with one attached hydrogen (secondary N) is 1. The summed E-state index contributed by atoms with van der Waals surface area (Å²) in [5.74, 6) is -2.96. The van der Waals surface area contributed by atoms with E-state index in [9.17, 15) is 22.8 Å². The molecule has 1 fully saturated rings. The fourth-order valence-corrected chi connectivity index (χ4v) is 5.79. The van der Waals surface area contributed by atoms with Crippen LogP contribution in [0.3, 0.4) is 0 Å². The molecule has 2 bridgehead atoms. The molecule has 1 amide bonds. The number of fused-ring (bicyclic) bond motifs is 1. The number of amides is 1. The third-order valence-corrected chi connectivity index (χ3v) is 7.99. The third-order valence-electron chi connectivity index (χ3n) is 7.76. The Morgan fingerprint density at radius 2 is 1.67 bits per heavy atom. The van der Waals surface area contributed by atoms with Gasteiger partial charge in [-0.1, -0.05) is 66.2 Å². The van der Waals surface area contributed by atoms with Crippen LogP contribution in [0.1, 0.15) is 44.7 Å². The summed E-state index contributed by atoms with van der Waals surface area (Å²) in [6.45, 7) is 3.07. The third kappa shape index (κ3) is 6.76. The van der Waals surface area contributed by atoms with E-state index >= 15 is 0 Å². The molecule has 7 nitrogen and oxygen atoms in total. The van der Waals surface area contributed by atoms with Crippen molar-refractivity contribution < 1.29 is 32.7 Å². The molecule has 2 N–H and O–H groups in total. The number of anilines is 2. The van der Waals surface area contributed by atoms with Gasteiger partial charge in [-0.3, -0.25) is 14.5 Å². The van der Waals surface area contributed by atoms with Crippen LogP contribution in [0.5, 0.6) is 0 Å². The van der Waals surface area contributed by atoms with Crippen molar-refractivity contribution >= 4 is 46.7 Å². The lowest BCUT2D eigenvalue weighted by Gasteiger charge is -2.38. The standard InChI is InChI=1S/C30H28ClN3O2.C2HF3O2/c31-22-7-4-8-24(19-22)34-26-12-10-21-9-11-25(28(30(34)36)27(21)29(26)35)32-23-14-17-33(18-15-23)16-13-20-5-2-1-3-6-20;3-2(4,5)1(6)7/h1-12,19,23,26,32H,13-18H2;(H,6,7). The maximum Gasteiger partial charge on any atom is 0.490 e. The van der Waals surface area contributed by atoms with E-state index < -0.39 is 18.2 Å². The number of carboxylic acid groups (broad SMARTS) is 1. The van der Waals surface area contributed by atoms with Crippen LogP contribution in [0, 0.1) is 0 Å². The molecule has 11 heteroatoms. The molecule has 1 aliphatic carbocycles. The first-order chi connectivity index (χ1) is 20.5. The average molecular weight is 612 g/mol. The van der Waals surface area contributed by atoms with Gasteiger partial charge >= 0.3 is 12.1 Å². The van der Waals surface area contributed by atoms with Crippen molar-refractivity contribution in [2.24, 2.45) is 0 Å². The largest absolute Gasteiger partial charge is 0.490 e. The molecule has 0 radical (unpaired) electrons. The second-order valence-corrected chi connectivity index (χ2v) is 11.0. The first-order valence-corrected chi connectivity index (χ1v) is 14.2. The zero-order valence-corrected chi connectivity index (χ0v) is 23.7. The Bertz CT molecular complexity index is 1550. The van der Waals surface area contributed by atoms with Crippen LogP contribution >= 0.6 is 11.6 Å². The highest BCUT2D eigenvalue weighted by atomic mass is 35.5. The summed E-state index contributed by atoms with van der Waals surface area (Å²) in [5.41, 5.74) is 4.57. The van der Waals surface area contributed by atoms with Crippen LogP contribution in [0.2, 0.25) is 5.02 Å². The smallest absolute Gasteiger partial charge is 0.475 e. The van der Waals surface area contributed by atoms with E-state index in [1.165, 1.54) is 5.56 Å². The second kappa shape index (κ2) is 12.6. The fraction of sp³-hybridized carbons (Fsp3) is 0.281. The van der Waals surface area contributed by atoms with Gasteiger partial charge in [-0.2, -0.15) is 13.2 Å². The van der Waals surface area contributed by atoms with Crippen molar-refractivity contribution in [1.29, 1.82) is 0 Å². The lowest BCUT2D eigenvalue weighted by Crippen LogP contribution is -2.51. The van der Waals surface area contributed by atoms with Gasteiger partial charge in [0.25, 0.3) is 5.91 Å². The molecule has 1 unspecified atom stereocenters. The summed E-state index contributed by atoms with van der Waals surface area (Å²) in [6, 6.07) is 21.2. The zero-order valence-electron chi connectivity index (χ0n) is 23.0. The number of alkyl halides is 3. The number of carboxylic acids is 1. The van der Waals surface area contributed by atoms with E-state index in [1.807, 2.05) is 30.4 Å². The molecule has 2 aliphatic heterocycles. The van der Waals surface area contributed by atoms with E-state index in [2.05, 4.69) is 40.5 Å². The maximum absolute atomic E-state index is 13.9. The number of hydrogen-bond acceptors (Lipinski definition) is 5. The number of carbonyl (C=O) groups is 3. The summed E-state index contributed by atoms with van der Waals surface area (Å²) in [7, 11) is 0. The highest BCUT2D eigenvalue weighted by Crippen LogP contribution is 2.39. The van der Waals surface area contributed by atoms with Crippen molar-refractivity contribution in [2.75, 3.05) is 29.9 Å². The predicted molar refractivity (Wildman–Crippen MR) is 159 cm³/mol. The molecule has 0 saturated carbocycles. The summed E-state index contributed by atoms with van der Waals surface area (Å²) in [5, 5.41) is 11.3. The van der Waals surface area contributed by atoms with Gasteiger partial charge in [0.2, 0.25) is 0 Å². The Hall–Kier alpha value is -4.15. The van der Waals surface area contributed by atoms with Gasteiger partial charge in [-0.15, -0.1) is 0 Å². The van der Waals surface area contributed by atoms with Crippen LogP contribution in [0.25, 0.3) is 6.08 Å². The number of piperidine rings is 1. The molecular formula is C32H29ClF3N3O4. The van der Waals surface area contributed by atoms with Gasteiger partial charge in [-0.25, -0.2) is 4.79 Å². The summed E-state index contributed by atoms with van der Waals surface area (Å²) >= 11 is 6.22. The number of carbonyl (C=O) groups excluding carboxylic acids is 2. The Morgan fingerprint density at radius 3 is 2.33 bits per heavy atom. The number of hydrogen-bond donors (Lipinski definition) is 2. The summed E-state index contributed by atoms with van der Waals surface area (Å²) in [6.07, 6.45) is 1.72. The zero-order chi connectivity index (χ0) is 30.7. The van der Waals surface area contributed by atoms with Gasteiger partial charge in [0.15, 0.2) is 5.78 Å². The molecule has 3 aliphatic rings. The molecule has 0 spiro atoms. The Labute approximate surface area is 251 Å². The molecule has 0 aromatic heterocycles. The maximum atomic E-state index is 13.9. The number of nitrogens with zero attached hydrogens (tertiary/aromatic N) is 2. The van der Waals surface area contributed by atoms with Crippen LogP contribution in [0.15, 0.2) is 72.8 Å². The number of likely N-dealkylation sites (tertiary alicyclic amines) is 1. The van der Waals surface area contributed by atoms with Crippen molar-refractivity contribution in [3.05, 3.63) is 100 Å². The monoisotopic (exact) mass is 611 g/mol. The Morgan fingerprint density at radius 1 is 0.977 bits per heavy atom. The molecule has 224 valence electrons. The van der Waals surface area contributed by atoms with Crippen molar-refractivity contribution in [3.8, 4) is 0 Å². The lowest BCUT2D eigenvalue weighted by molar-refractivity contribution is -0.192. The first-order valence-electron chi connectivity index (χ1n) is 13.8. The molecule has 3 aromatic carbocycles. The van der Waals surface area contributed by atoms with E-state index in [4.69, 9.17) is 21.5 Å². The summed E-state index contributed by atoms with van der Waals surface area (Å²) < 4.78 is 31.7. The predicted octanol–water partition coefficient (Wildman–Crippen LogP) is 6.33. The van der Waals surface area contributed by atoms with Crippen LogP contribution in [0.4, 0.5) is 24.5 Å². The Kier molecular flexibility index (Phi) is 8.89. The van der Waals surface area contributed by atoms with E-state index in [0.717, 1.165) is 50.1 Å². The number of aliphatic carboxylic acids is 1. The van der Waals surface area contributed by atoms with Crippen LogP contribution < -0.4 is 10.2 Å². The Balaban J connectivity index is 0.000000472. The minimum atomic E-state index is -5.08. The van der Waals surface area contributed by atoms with Crippen molar-refractivity contribution in [2.45, 2.75) is 37.5 Å². The van der Waals surface area contributed by atoms with E-state index in [-0.39, 0.29) is 17.7 Å². The molecule has 3 aromatic rings. The number of ketones is 1. The molecule has 43 heavy (non-hydrogen) atoms. The van der Waals surface area contributed by atoms with Crippen LogP contribution in [-0.4, -0.2) is 65.6 Å². The number of rotatable bonds is 6. The van der Waals surface area contributed by atoms with Gasteiger partial charge < -0.3 is 15.3 Å². The quantitative estimate of drug-likeness (QED) is 0.339. The average Bonchev–Trinajstić information content (AvgIpc) is 2.98. The van der Waals surface area contributed by atoms with E-state index in [0.29, 0.717) is 21.8 Å². The SMILES string of the molecule is O=C(O)C(F)(F)F.O=C1c2c3ccc(NC4CCN(CCc5ccccc5)CC4)c2C(=O)N(c2cccc(Cl)c2)C1C=C3. The van der Waals surface area contributed by atoms with E-state index in [1.54, 1.807) is 23.1 Å². The minimum Gasteiger partial charge on any atom is -0.475 e. The molecule has 6 rings (SSSR count). The van der Waals surface area contributed by atoms with Crippen molar-refractivity contribution in [3.63, 3.8) is 0 Å². The van der Waals surface area contributed by atoms with Gasteiger partial charge in [-0.05, 0) is 54.7 Å². The highest BCUT2D eigenvalue weighted by molar-refractivity contribution is 6.31. The molecular weight excluding hydrogens is 583 g/mol. The summed E-state index contributed by atoms with van der Waals surface area (Å²) in [4.78, 5) is 40.3. The molecule has 1 saturated heterocycles. The normalized spacial score (nSPS) is 18.2. The second-order valence-electron chi connectivity index (χ2n) is 10.6. The number of benzene rings is 3. The molecule has 2 heterocycles. The minimum absolute atomic E-state index is 0.0403. The lowest BCUT2D eigenvalue weighted by atomic mass is 9.82. The van der Waals surface area contributed by atoms with Gasteiger partial charge in [0.05, 0.1) is 5.56 Å². The number of Topliss-reactive ketones (excluding diaryl/α,β-unsaturated/α-hetero) is 1. The van der Waals surface area contributed by atoms with Crippen molar-refractivity contribution in [1.82, 2.24) is 4.90 Å². The van der Waals surface area contributed by atoms with Gasteiger partial charge in [0.1, 0.15) is 6.04 Å². The van der Waals surface area contributed by atoms with Crippen LogP contribution in [-0.2, 0) is 11.2 Å². The van der Waals surface area contributed by atoms with Gasteiger partial charge in [0, 0.05) is 47.6 Å². The fourth-order valence-electron chi connectivity index (χ4n) is 5.60. The number of halogens is 4. The topological polar surface area (TPSA) is 89.9 Å². The molecule has 1 atom stereocenters.